The van der Waals surface area contributed by atoms with Crippen LogP contribution in [-0.4, -0.2) is 42.1 Å². The van der Waals surface area contributed by atoms with Crippen LogP contribution < -0.4 is 5.32 Å². The Morgan fingerprint density at radius 2 is 1.64 bits per heavy atom. The number of nitrogens with zero attached hydrogens (tertiary/aromatic N) is 2. The Kier molecular flexibility index (Phi) is 3.89. The van der Waals surface area contributed by atoms with Crippen molar-refractivity contribution in [3.63, 3.8) is 0 Å². The Morgan fingerprint density at radius 1 is 0.955 bits per heavy atom. The topological polar surface area (TPSA) is 35.6 Å². The van der Waals surface area contributed by atoms with Crippen LogP contribution in [0.4, 0.5) is 0 Å². The molecule has 0 radical (unpaired) electrons. The Balaban J connectivity index is 1.37. The molecule has 118 valence electrons. The molecule has 0 saturated carbocycles. The van der Waals surface area contributed by atoms with Crippen molar-refractivity contribution in [2.45, 2.75) is 32.2 Å². The summed E-state index contributed by atoms with van der Waals surface area (Å²) < 4.78 is 0. The van der Waals surface area contributed by atoms with Crippen molar-refractivity contribution < 1.29 is 4.79 Å². The molecule has 1 N–H and O–H groups in total. The summed E-state index contributed by atoms with van der Waals surface area (Å²) in [6.07, 6.45) is 5.15. The van der Waals surface area contributed by atoms with Crippen molar-refractivity contribution >= 4 is 5.91 Å². The summed E-state index contributed by atoms with van der Waals surface area (Å²) in [7, 11) is 0. The number of carbonyl (C=O) groups excluding carboxylic acids is 1. The second kappa shape index (κ2) is 6.01. The van der Waals surface area contributed by atoms with E-state index in [1.54, 1.807) is 0 Å². The van der Waals surface area contributed by atoms with Crippen molar-refractivity contribution in [1.82, 2.24) is 15.3 Å². The number of hydrazine groups is 1. The fourth-order valence-electron chi connectivity index (χ4n) is 4.38. The van der Waals surface area contributed by atoms with Gasteiger partial charge >= 0.3 is 0 Å². The summed E-state index contributed by atoms with van der Waals surface area (Å²) in [6, 6.07) is 8.02. The molecule has 0 bridgehead atoms. The molecule has 4 rings (SSSR count). The molecule has 2 fully saturated rings. The first-order chi connectivity index (χ1) is 10.8. The van der Waals surface area contributed by atoms with E-state index < -0.39 is 0 Å². The van der Waals surface area contributed by atoms with E-state index in [9.17, 15) is 4.79 Å². The number of hydrogen-bond acceptors (Lipinski definition) is 3. The van der Waals surface area contributed by atoms with Gasteiger partial charge in [0.05, 0.1) is 6.54 Å². The average Bonchev–Trinajstić information content (AvgIpc) is 2.93. The lowest BCUT2D eigenvalue weighted by Gasteiger charge is -2.41. The predicted octanol–water partition coefficient (Wildman–Crippen LogP) is 2.27. The molecule has 0 atom stereocenters. The Labute approximate surface area is 132 Å². The van der Waals surface area contributed by atoms with E-state index in [2.05, 4.69) is 16.4 Å². The van der Waals surface area contributed by atoms with E-state index in [0.29, 0.717) is 0 Å². The van der Waals surface area contributed by atoms with Crippen molar-refractivity contribution in [1.29, 1.82) is 0 Å². The van der Waals surface area contributed by atoms with Crippen LogP contribution in [-0.2, 0) is 6.54 Å². The minimum absolute atomic E-state index is 0.191. The van der Waals surface area contributed by atoms with Gasteiger partial charge in [0.2, 0.25) is 0 Å². The zero-order chi connectivity index (χ0) is 14.9. The normalized spacial score (nSPS) is 24.7. The van der Waals surface area contributed by atoms with E-state index in [1.807, 2.05) is 23.2 Å². The van der Waals surface area contributed by atoms with Gasteiger partial charge in [-0.05, 0) is 62.2 Å². The summed E-state index contributed by atoms with van der Waals surface area (Å²) in [6.45, 7) is 5.20. The highest BCUT2D eigenvalue weighted by atomic mass is 16.2. The molecule has 1 aromatic carbocycles. The molecule has 1 amide bonds. The maximum atomic E-state index is 12.6. The minimum atomic E-state index is 0.191. The lowest BCUT2D eigenvalue weighted by Crippen LogP contribution is -2.48. The van der Waals surface area contributed by atoms with Gasteiger partial charge < -0.3 is 5.32 Å². The number of piperidine rings is 2. The fraction of sp³-hybridized carbons (Fsp3) is 0.611. The van der Waals surface area contributed by atoms with Crippen LogP contribution in [0.5, 0.6) is 0 Å². The predicted molar refractivity (Wildman–Crippen MR) is 86.2 cm³/mol. The standard InChI is InChI=1S/C18H25N3O/c22-18-17-4-2-1-3-16(17)13-21(18)20-11-7-15(8-12-20)14-5-9-19-10-6-14/h1-4,14-15,19H,5-13H2. The number of nitrogens with one attached hydrogen (secondary N) is 1. The number of hydrogen-bond donors (Lipinski definition) is 1. The van der Waals surface area contributed by atoms with Crippen molar-refractivity contribution in [2.75, 3.05) is 26.2 Å². The smallest absolute Gasteiger partial charge is 0.268 e. The van der Waals surface area contributed by atoms with Gasteiger partial charge in [-0.1, -0.05) is 18.2 Å². The van der Waals surface area contributed by atoms with Gasteiger partial charge in [0.15, 0.2) is 0 Å². The SMILES string of the molecule is O=C1c2ccccc2CN1N1CCC(C2CCNCC2)CC1. The van der Waals surface area contributed by atoms with Crippen LogP contribution in [0.3, 0.4) is 0 Å². The number of fused-ring (bicyclic) bond motifs is 1. The van der Waals surface area contributed by atoms with E-state index >= 15 is 0 Å². The van der Waals surface area contributed by atoms with E-state index in [-0.39, 0.29) is 5.91 Å². The monoisotopic (exact) mass is 299 g/mol. The number of carbonyl (C=O) groups is 1. The molecular formula is C18H25N3O. The summed E-state index contributed by atoms with van der Waals surface area (Å²) in [4.78, 5) is 12.6. The molecule has 0 aliphatic carbocycles. The number of amides is 1. The molecule has 1 aromatic rings. The van der Waals surface area contributed by atoms with Crippen LogP contribution in [0.1, 0.15) is 41.6 Å². The lowest BCUT2D eigenvalue weighted by molar-refractivity contribution is -0.0360. The van der Waals surface area contributed by atoms with Crippen molar-refractivity contribution in [3.8, 4) is 0 Å². The number of benzene rings is 1. The van der Waals surface area contributed by atoms with E-state index in [0.717, 1.165) is 37.0 Å². The van der Waals surface area contributed by atoms with Crippen molar-refractivity contribution in [3.05, 3.63) is 35.4 Å². The number of rotatable bonds is 2. The summed E-state index contributed by atoms with van der Waals surface area (Å²) in [5.74, 6) is 1.95. The molecule has 3 aliphatic heterocycles. The molecule has 22 heavy (non-hydrogen) atoms. The highest BCUT2D eigenvalue weighted by Gasteiger charge is 2.35. The average molecular weight is 299 g/mol. The van der Waals surface area contributed by atoms with Crippen LogP contribution in [0.25, 0.3) is 0 Å². The second-order valence-corrected chi connectivity index (χ2v) is 6.90. The Hall–Kier alpha value is -1.39. The van der Waals surface area contributed by atoms with Crippen molar-refractivity contribution in [2.24, 2.45) is 11.8 Å². The minimum Gasteiger partial charge on any atom is -0.317 e. The molecule has 3 heterocycles. The fourth-order valence-corrected chi connectivity index (χ4v) is 4.38. The molecule has 0 aromatic heterocycles. The summed E-state index contributed by atoms with van der Waals surface area (Å²) in [5, 5.41) is 7.73. The van der Waals surface area contributed by atoms with E-state index in [1.165, 1.54) is 44.3 Å². The van der Waals surface area contributed by atoms with Gasteiger partial charge in [-0.2, -0.15) is 0 Å². The van der Waals surface area contributed by atoms with Gasteiger partial charge in [0.1, 0.15) is 0 Å². The van der Waals surface area contributed by atoms with Crippen LogP contribution >= 0.6 is 0 Å². The van der Waals surface area contributed by atoms with Crippen LogP contribution in [0.2, 0.25) is 0 Å². The molecule has 0 unspecified atom stereocenters. The largest absolute Gasteiger partial charge is 0.317 e. The molecule has 3 aliphatic rings. The van der Waals surface area contributed by atoms with Gasteiger partial charge in [0, 0.05) is 18.7 Å². The second-order valence-electron chi connectivity index (χ2n) is 6.90. The maximum Gasteiger partial charge on any atom is 0.268 e. The van der Waals surface area contributed by atoms with Crippen LogP contribution in [0, 0.1) is 11.8 Å². The van der Waals surface area contributed by atoms with Gasteiger partial charge in [0.25, 0.3) is 5.91 Å². The lowest BCUT2D eigenvalue weighted by atomic mass is 9.79. The summed E-state index contributed by atoms with van der Waals surface area (Å²) in [5.41, 5.74) is 2.07. The summed E-state index contributed by atoms with van der Waals surface area (Å²) >= 11 is 0. The van der Waals surface area contributed by atoms with Gasteiger partial charge in [-0.25, -0.2) is 5.01 Å². The quantitative estimate of drug-likeness (QED) is 0.910. The first kappa shape index (κ1) is 14.2. The Morgan fingerprint density at radius 3 is 2.36 bits per heavy atom. The molecule has 4 heteroatoms. The van der Waals surface area contributed by atoms with Crippen LogP contribution in [0.15, 0.2) is 24.3 Å². The first-order valence-corrected chi connectivity index (χ1v) is 8.68. The zero-order valence-corrected chi connectivity index (χ0v) is 13.1. The van der Waals surface area contributed by atoms with E-state index in [4.69, 9.17) is 0 Å². The molecule has 4 nitrogen and oxygen atoms in total. The Bertz CT molecular complexity index is 545. The molecule has 2 saturated heterocycles. The third-order valence-electron chi connectivity index (χ3n) is 5.71. The first-order valence-electron chi connectivity index (χ1n) is 8.68. The van der Waals surface area contributed by atoms with Gasteiger partial charge in [-0.3, -0.25) is 9.80 Å². The molecule has 0 spiro atoms. The molecular weight excluding hydrogens is 274 g/mol. The van der Waals surface area contributed by atoms with Gasteiger partial charge in [-0.15, -0.1) is 0 Å². The highest BCUT2D eigenvalue weighted by Crippen LogP contribution is 2.33. The maximum absolute atomic E-state index is 12.6. The zero-order valence-electron chi connectivity index (χ0n) is 13.1. The highest BCUT2D eigenvalue weighted by molar-refractivity contribution is 5.97. The third-order valence-corrected chi connectivity index (χ3v) is 5.71. The third kappa shape index (κ3) is 2.55.